The normalized spacial score (nSPS) is 42.1. The zero-order valence-corrected chi connectivity index (χ0v) is 6.99. The Bertz CT molecular complexity index is 167. The van der Waals surface area contributed by atoms with Crippen molar-refractivity contribution in [3.8, 4) is 0 Å². The lowest BCUT2D eigenvalue weighted by molar-refractivity contribution is 0.211. The maximum atomic E-state index is 4.68. The van der Waals surface area contributed by atoms with E-state index in [1.54, 1.807) is 7.11 Å². The van der Waals surface area contributed by atoms with Crippen LogP contribution in [0.25, 0.3) is 0 Å². The summed E-state index contributed by atoms with van der Waals surface area (Å²) in [5.41, 5.74) is 0. The summed E-state index contributed by atoms with van der Waals surface area (Å²) >= 11 is 0. The quantitative estimate of drug-likeness (QED) is 0.439. The molecular weight excluding hydrogens is 138 g/mol. The van der Waals surface area contributed by atoms with Crippen molar-refractivity contribution in [1.82, 2.24) is 0 Å². The fourth-order valence-corrected chi connectivity index (χ4v) is 2.62. The van der Waals surface area contributed by atoms with Crippen LogP contribution in [-0.2, 0) is 4.84 Å². The molecule has 11 heavy (non-hydrogen) atoms. The smallest absolute Gasteiger partial charge is 0.106 e. The molecule has 2 heteroatoms. The molecular formula is C9H15NO. The Morgan fingerprint density at radius 3 is 2.82 bits per heavy atom. The van der Waals surface area contributed by atoms with Gasteiger partial charge in [-0.25, -0.2) is 0 Å². The van der Waals surface area contributed by atoms with Gasteiger partial charge in [0.25, 0.3) is 0 Å². The van der Waals surface area contributed by atoms with Crippen molar-refractivity contribution in [3.63, 3.8) is 0 Å². The predicted octanol–water partition coefficient (Wildman–Crippen LogP) is 2.05. The minimum atomic E-state index is 0.730. The van der Waals surface area contributed by atoms with E-state index in [0.29, 0.717) is 0 Å². The van der Waals surface area contributed by atoms with Crippen molar-refractivity contribution in [2.24, 2.45) is 22.9 Å². The molecule has 0 N–H and O–H groups in total. The maximum absolute atomic E-state index is 4.68. The molecule has 2 bridgehead atoms. The Labute approximate surface area is 67.6 Å². The van der Waals surface area contributed by atoms with Gasteiger partial charge in [-0.2, -0.15) is 0 Å². The number of hydrogen-bond acceptors (Lipinski definition) is 2. The first kappa shape index (κ1) is 7.14. The highest BCUT2D eigenvalue weighted by atomic mass is 16.6. The lowest BCUT2D eigenvalue weighted by Gasteiger charge is -2.15. The predicted molar refractivity (Wildman–Crippen MR) is 44.4 cm³/mol. The highest BCUT2D eigenvalue weighted by Crippen LogP contribution is 2.47. The molecule has 2 aliphatic carbocycles. The molecule has 3 unspecified atom stereocenters. The molecule has 2 saturated carbocycles. The van der Waals surface area contributed by atoms with Gasteiger partial charge in [0.1, 0.15) is 7.11 Å². The second-order valence-electron chi connectivity index (χ2n) is 3.78. The molecule has 0 spiro atoms. The second kappa shape index (κ2) is 2.84. The first-order valence-electron chi connectivity index (χ1n) is 4.47. The molecule has 0 aromatic carbocycles. The molecule has 0 aliphatic heterocycles. The summed E-state index contributed by atoms with van der Waals surface area (Å²) in [6.07, 6.45) is 7.69. The summed E-state index contributed by atoms with van der Waals surface area (Å²) < 4.78 is 0. The van der Waals surface area contributed by atoms with Crippen molar-refractivity contribution in [2.45, 2.75) is 25.7 Å². The van der Waals surface area contributed by atoms with Gasteiger partial charge >= 0.3 is 0 Å². The highest BCUT2D eigenvalue weighted by molar-refractivity contribution is 5.61. The van der Waals surface area contributed by atoms with Crippen LogP contribution in [0.3, 0.4) is 0 Å². The molecule has 2 nitrogen and oxygen atoms in total. The number of hydrogen-bond donors (Lipinski definition) is 0. The highest BCUT2D eigenvalue weighted by Gasteiger charge is 2.38. The zero-order chi connectivity index (χ0) is 7.68. The van der Waals surface area contributed by atoms with Crippen LogP contribution in [0.1, 0.15) is 25.7 Å². The Balaban J connectivity index is 1.92. The van der Waals surface area contributed by atoms with Crippen LogP contribution in [0.5, 0.6) is 0 Å². The summed E-state index contributed by atoms with van der Waals surface area (Å²) in [4.78, 5) is 4.68. The summed E-state index contributed by atoms with van der Waals surface area (Å²) in [7, 11) is 1.61. The summed E-state index contributed by atoms with van der Waals surface area (Å²) in [5.74, 6) is 2.67. The molecule has 3 atom stereocenters. The molecule has 0 aromatic rings. The molecule has 0 aromatic heterocycles. The van der Waals surface area contributed by atoms with Gasteiger partial charge in [-0.3, -0.25) is 0 Å². The molecule has 2 rings (SSSR count). The van der Waals surface area contributed by atoms with Gasteiger partial charge in [-0.1, -0.05) is 11.6 Å². The van der Waals surface area contributed by atoms with Crippen molar-refractivity contribution >= 4 is 6.21 Å². The molecule has 2 fully saturated rings. The van der Waals surface area contributed by atoms with Gasteiger partial charge in [-0.15, -0.1) is 0 Å². The minimum Gasteiger partial charge on any atom is -0.399 e. The van der Waals surface area contributed by atoms with Gasteiger partial charge in [0.15, 0.2) is 0 Å². The van der Waals surface area contributed by atoms with E-state index in [0.717, 1.165) is 17.8 Å². The lowest BCUT2D eigenvalue weighted by Crippen LogP contribution is -2.11. The van der Waals surface area contributed by atoms with E-state index in [1.165, 1.54) is 25.7 Å². The first-order chi connectivity index (χ1) is 5.40. The van der Waals surface area contributed by atoms with Crippen molar-refractivity contribution in [3.05, 3.63) is 0 Å². The Kier molecular flexibility index (Phi) is 1.84. The SMILES string of the molecule is CO/N=C/C1CC2CCC1C2. The maximum Gasteiger partial charge on any atom is 0.106 e. The van der Waals surface area contributed by atoms with Crippen LogP contribution in [0.15, 0.2) is 5.16 Å². The van der Waals surface area contributed by atoms with Gasteiger partial charge in [0.2, 0.25) is 0 Å². The number of fused-ring (bicyclic) bond motifs is 2. The fourth-order valence-electron chi connectivity index (χ4n) is 2.62. The Morgan fingerprint density at radius 2 is 2.27 bits per heavy atom. The third-order valence-electron chi connectivity index (χ3n) is 3.15. The largest absolute Gasteiger partial charge is 0.399 e. The number of nitrogens with zero attached hydrogens (tertiary/aromatic N) is 1. The van der Waals surface area contributed by atoms with Crippen molar-refractivity contribution < 1.29 is 4.84 Å². The van der Waals surface area contributed by atoms with E-state index in [1.807, 2.05) is 6.21 Å². The Hall–Kier alpha value is -0.530. The third-order valence-corrected chi connectivity index (χ3v) is 3.15. The van der Waals surface area contributed by atoms with E-state index >= 15 is 0 Å². The van der Waals surface area contributed by atoms with Crippen LogP contribution < -0.4 is 0 Å². The minimum absolute atomic E-state index is 0.730. The second-order valence-corrected chi connectivity index (χ2v) is 3.78. The average Bonchev–Trinajstić information content (AvgIpc) is 2.60. The van der Waals surface area contributed by atoms with E-state index in [2.05, 4.69) is 9.99 Å². The van der Waals surface area contributed by atoms with Crippen LogP contribution in [0, 0.1) is 17.8 Å². The summed E-state index contributed by atoms with van der Waals surface area (Å²) in [6, 6.07) is 0. The van der Waals surface area contributed by atoms with Crippen LogP contribution in [-0.4, -0.2) is 13.3 Å². The number of oxime groups is 1. The van der Waals surface area contributed by atoms with Crippen LogP contribution in [0.2, 0.25) is 0 Å². The first-order valence-corrected chi connectivity index (χ1v) is 4.47. The molecule has 2 aliphatic rings. The molecule has 0 amide bonds. The average molecular weight is 153 g/mol. The van der Waals surface area contributed by atoms with Crippen LogP contribution in [0.4, 0.5) is 0 Å². The Morgan fingerprint density at radius 1 is 1.36 bits per heavy atom. The lowest BCUT2D eigenvalue weighted by atomic mass is 9.90. The van der Waals surface area contributed by atoms with Crippen molar-refractivity contribution in [1.29, 1.82) is 0 Å². The summed E-state index contributed by atoms with van der Waals surface area (Å²) in [6.45, 7) is 0. The van der Waals surface area contributed by atoms with E-state index in [-0.39, 0.29) is 0 Å². The topological polar surface area (TPSA) is 21.6 Å². The standard InChI is InChI=1S/C9H15NO/c1-11-10-6-9-5-7-2-3-8(9)4-7/h6-9H,2-5H2,1H3/b10-6+. The van der Waals surface area contributed by atoms with Gasteiger partial charge in [-0.05, 0) is 31.1 Å². The van der Waals surface area contributed by atoms with Crippen molar-refractivity contribution in [2.75, 3.05) is 7.11 Å². The van der Waals surface area contributed by atoms with Gasteiger partial charge < -0.3 is 4.84 Å². The molecule has 0 radical (unpaired) electrons. The van der Waals surface area contributed by atoms with Gasteiger partial charge in [0, 0.05) is 12.1 Å². The van der Waals surface area contributed by atoms with E-state index in [4.69, 9.17) is 0 Å². The van der Waals surface area contributed by atoms with Gasteiger partial charge in [0.05, 0.1) is 0 Å². The van der Waals surface area contributed by atoms with E-state index in [9.17, 15) is 0 Å². The molecule has 0 saturated heterocycles. The summed E-state index contributed by atoms with van der Waals surface area (Å²) in [5, 5.41) is 3.85. The van der Waals surface area contributed by atoms with E-state index < -0.39 is 0 Å². The molecule has 62 valence electrons. The monoisotopic (exact) mass is 153 g/mol. The zero-order valence-electron chi connectivity index (χ0n) is 6.99. The third kappa shape index (κ3) is 1.26. The number of rotatable bonds is 2. The molecule has 0 heterocycles. The fraction of sp³-hybridized carbons (Fsp3) is 0.889. The van der Waals surface area contributed by atoms with Crippen LogP contribution >= 0.6 is 0 Å².